The first-order valence-corrected chi connectivity index (χ1v) is 9.76. The summed E-state index contributed by atoms with van der Waals surface area (Å²) in [6.45, 7) is 0. The predicted molar refractivity (Wildman–Crippen MR) is 116 cm³/mol. The number of rotatable bonds is 1. The van der Waals surface area contributed by atoms with Gasteiger partial charge in [-0.15, -0.1) is 0 Å². The Hall–Kier alpha value is -3.46. The number of fused-ring (bicyclic) bond motifs is 5. The van der Waals surface area contributed by atoms with Crippen molar-refractivity contribution in [3.8, 4) is 11.8 Å². The number of ether oxygens (including phenoxy) is 1. The van der Waals surface area contributed by atoms with Gasteiger partial charge >= 0.3 is 5.63 Å². The Labute approximate surface area is 180 Å². The lowest BCUT2D eigenvalue weighted by Gasteiger charge is -2.26. The van der Waals surface area contributed by atoms with Crippen LogP contribution in [0.5, 0.6) is 5.75 Å². The van der Waals surface area contributed by atoms with E-state index < -0.39 is 11.5 Å². The maximum Gasteiger partial charge on any atom is 0.344 e. The third-order valence-corrected chi connectivity index (χ3v) is 6.08. The monoisotopic (exact) mass is 434 g/mol. The number of halogens is 2. The van der Waals surface area contributed by atoms with E-state index in [0.29, 0.717) is 21.6 Å². The molecule has 4 aromatic rings. The third-order valence-electron chi connectivity index (χ3n) is 5.25. The van der Waals surface area contributed by atoms with Crippen molar-refractivity contribution in [3.05, 3.63) is 97.6 Å². The molecule has 5 nitrogen and oxygen atoms in total. The number of nitriles is 1. The van der Waals surface area contributed by atoms with Crippen LogP contribution in [-0.2, 0) is 0 Å². The molecular formula is C23H12Cl2N2O3. The van der Waals surface area contributed by atoms with Crippen LogP contribution in [0.1, 0.15) is 17.0 Å². The molecule has 1 aliphatic heterocycles. The fraction of sp³-hybridized carbons (Fsp3) is 0.0435. The molecule has 0 amide bonds. The van der Waals surface area contributed by atoms with E-state index >= 15 is 0 Å². The van der Waals surface area contributed by atoms with Gasteiger partial charge in [0, 0.05) is 5.39 Å². The predicted octanol–water partition coefficient (Wildman–Crippen LogP) is 5.47. The van der Waals surface area contributed by atoms with Crippen molar-refractivity contribution in [3.63, 3.8) is 0 Å². The highest BCUT2D eigenvalue weighted by Crippen LogP contribution is 2.46. The first-order valence-electron chi connectivity index (χ1n) is 9.01. The second kappa shape index (κ2) is 6.81. The minimum Gasteiger partial charge on any atom is -0.439 e. The summed E-state index contributed by atoms with van der Waals surface area (Å²) in [5, 5.41) is 12.5. The molecule has 2 N–H and O–H groups in total. The van der Waals surface area contributed by atoms with Gasteiger partial charge < -0.3 is 14.9 Å². The zero-order valence-corrected chi connectivity index (χ0v) is 16.8. The topological polar surface area (TPSA) is 89.3 Å². The highest BCUT2D eigenvalue weighted by molar-refractivity contribution is 6.42. The maximum atomic E-state index is 13.2. The summed E-state index contributed by atoms with van der Waals surface area (Å²) in [5.41, 5.74) is 6.56. The molecule has 3 aromatic carbocycles. The summed E-state index contributed by atoms with van der Waals surface area (Å²) in [4.78, 5) is 13.2. The van der Waals surface area contributed by atoms with Crippen LogP contribution < -0.4 is 16.1 Å². The number of nitrogens with two attached hydrogens (primary N) is 1. The second-order valence-electron chi connectivity index (χ2n) is 6.86. The highest BCUT2D eigenvalue weighted by Gasteiger charge is 2.37. The lowest BCUT2D eigenvalue weighted by atomic mass is 9.83. The Kier molecular flexibility index (Phi) is 4.21. The van der Waals surface area contributed by atoms with Gasteiger partial charge in [0.15, 0.2) is 5.75 Å². The summed E-state index contributed by atoms with van der Waals surface area (Å²) in [6.07, 6.45) is 0. The van der Waals surface area contributed by atoms with Crippen LogP contribution in [0.3, 0.4) is 0 Å². The molecule has 1 unspecified atom stereocenters. The summed E-state index contributed by atoms with van der Waals surface area (Å²) in [6, 6.07) is 18.3. The number of nitrogens with zero attached hydrogens (tertiary/aromatic N) is 1. The fourth-order valence-electron chi connectivity index (χ4n) is 3.90. The second-order valence-corrected chi connectivity index (χ2v) is 7.65. The van der Waals surface area contributed by atoms with Crippen LogP contribution in [0, 0.1) is 11.3 Å². The van der Waals surface area contributed by atoms with E-state index in [1.807, 2.05) is 36.4 Å². The number of hydrogen-bond acceptors (Lipinski definition) is 5. The first-order chi connectivity index (χ1) is 14.5. The normalized spacial score (nSPS) is 15.7. The van der Waals surface area contributed by atoms with E-state index in [-0.39, 0.29) is 27.8 Å². The van der Waals surface area contributed by atoms with E-state index in [2.05, 4.69) is 0 Å². The quantitative estimate of drug-likeness (QED) is 0.316. The number of allylic oxidation sites excluding steroid dienone is 1. The van der Waals surface area contributed by atoms with Crippen LogP contribution in [-0.4, -0.2) is 0 Å². The molecular weight excluding hydrogens is 423 g/mol. The van der Waals surface area contributed by atoms with Gasteiger partial charge in [-0.3, -0.25) is 0 Å². The van der Waals surface area contributed by atoms with Crippen LogP contribution in [0.25, 0.3) is 21.7 Å². The molecule has 0 aliphatic carbocycles. The third kappa shape index (κ3) is 2.58. The van der Waals surface area contributed by atoms with Crippen molar-refractivity contribution in [1.82, 2.24) is 0 Å². The summed E-state index contributed by atoms with van der Waals surface area (Å²) < 4.78 is 11.5. The smallest absolute Gasteiger partial charge is 0.344 e. The van der Waals surface area contributed by atoms with Gasteiger partial charge in [-0.2, -0.15) is 5.26 Å². The van der Waals surface area contributed by atoms with Crippen LogP contribution in [0.4, 0.5) is 0 Å². The van der Waals surface area contributed by atoms with Gasteiger partial charge in [-0.1, -0.05) is 65.7 Å². The lowest BCUT2D eigenvalue weighted by Crippen LogP contribution is -2.26. The van der Waals surface area contributed by atoms with Gasteiger partial charge in [-0.05, 0) is 23.1 Å². The first kappa shape index (κ1) is 18.6. The molecule has 0 radical (unpaired) electrons. The standard InChI is InChI=1S/C23H12Cl2N2O3/c24-16-7-3-6-13(19(16)25)17-15(10-26)22(27)29-21-14-9-8-11-4-1-2-5-12(11)20(14)30-23(28)18(17)21/h1-9,17H,27H2. The summed E-state index contributed by atoms with van der Waals surface area (Å²) >= 11 is 12.6. The zero-order chi connectivity index (χ0) is 21.0. The van der Waals surface area contributed by atoms with Crippen molar-refractivity contribution in [1.29, 1.82) is 5.26 Å². The summed E-state index contributed by atoms with van der Waals surface area (Å²) in [7, 11) is 0. The molecule has 5 rings (SSSR count). The maximum absolute atomic E-state index is 13.2. The molecule has 0 spiro atoms. The molecule has 2 heterocycles. The molecule has 146 valence electrons. The van der Waals surface area contributed by atoms with Crippen molar-refractivity contribution < 1.29 is 9.15 Å². The van der Waals surface area contributed by atoms with Gasteiger partial charge in [0.25, 0.3) is 0 Å². The molecule has 0 saturated carbocycles. The Balaban J connectivity index is 1.91. The van der Waals surface area contributed by atoms with E-state index in [1.165, 1.54) is 0 Å². The minimum absolute atomic E-state index is 0.0686. The van der Waals surface area contributed by atoms with Gasteiger partial charge in [0.05, 0.1) is 26.9 Å². The average Bonchev–Trinajstić information content (AvgIpc) is 2.75. The number of benzene rings is 3. The summed E-state index contributed by atoms with van der Waals surface area (Å²) in [5.74, 6) is -0.701. The molecule has 1 atom stereocenters. The van der Waals surface area contributed by atoms with Gasteiger partial charge in [-0.25, -0.2) is 4.79 Å². The Morgan fingerprint density at radius 1 is 1.00 bits per heavy atom. The molecule has 0 bridgehead atoms. The molecule has 1 aliphatic rings. The van der Waals surface area contributed by atoms with Crippen LogP contribution in [0.15, 0.2) is 75.3 Å². The molecule has 30 heavy (non-hydrogen) atoms. The minimum atomic E-state index is -0.864. The largest absolute Gasteiger partial charge is 0.439 e. The fourth-order valence-corrected chi connectivity index (χ4v) is 4.32. The van der Waals surface area contributed by atoms with Gasteiger partial charge in [0.1, 0.15) is 17.2 Å². The van der Waals surface area contributed by atoms with Crippen molar-refractivity contribution in [2.24, 2.45) is 5.73 Å². The van der Waals surface area contributed by atoms with E-state index in [1.54, 1.807) is 24.3 Å². The van der Waals surface area contributed by atoms with E-state index in [4.69, 9.17) is 38.1 Å². The van der Waals surface area contributed by atoms with Gasteiger partial charge in [0.2, 0.25) is 5.88 Å². The number of hydrogen-bond donors (Lipinski definition) is 1. The average molecular weight is 435 g/mol. The van der Waals surface area contributed by atoms with Crippen molar-refractivity contribution in [2.75, 3.05) is 0 Å². The van der Waals surface area contributed by atoms with E-state index in [0.717, 1.165) is 10.8 Å². The van der Waals surface area contributed by atoms with Crippen molar-refractivity contribution >= 4 is 44.9 Å². The molecule has 1 aromatic heterocycles. The molecule has 0 saturated heterocycles. The van der Waals surface area contributed by atoms with E-state index in [9.17, 15) is 10.1 Å². The molecule has 7 heteroatoms. The Morgan fingerprint density at radius 2 is 1.80 bits per heavy atom. The SMILES string of the molecule is N#CC1=C(N)Oc2c(c(=O)oc3c2ccc2ccccc23)C1c1cccc(Cl)c1Cl. The van der Waals surface area contributed by atoms with Crippen molar-refractivity contribution in [2.45, 2.75) is 5.92 Å². The Morgan fingerprint density at radius 3 is 2.60 bits per heavy atom. The highest BCUT2D eigenvalue weighted by atomic mass is 35.5. The zero-order valence-electron chi connectivity index (χ0n) is 15.3. The molecule has 0 fully saturated rings. The lowest BCUT2D eigenvalue weighted by molar-refractivity contribution is 0.388. The van der Waals surface area contributed by atoms with Crippen LogP contribution in [0.2, 0.25) is 10.0 Å². The van der Waals surface area contributed by atoms with Crippen LogP contribution >= 0.6 is 23.2 Å². The Bertz CT molecular complexity index is 1500.